The first-order valence-electron chi connectivity index (χ1n) is 11.2. The van der Waals surface area contributed by atoms with Crippen molar-refractivity contribution >= 4 is 11.9 Å². The van der Waals surface area contributed by atoms with Crippen LogP contribution in [0.1, 0.15) is 89.5 Å². The van der Waals surface area contributed by atoms with Crippen LogP contribution in [-0.4, -0.2) is 30.1 Å². The van der Waals surface area contributed by atoms with E-state index in [1.165, 1.54) is 58.5 Å². The normalized spacial score (nSPS) is 11.8. The van der Waals surface area contributed by atoms with Crippen LogP contribution in [0.5, 0.6) is 5.75 Å². The number of nitrogens with one attached hydrogen (secondary N) is 1. The van der Waals surface area contributed by atoms with E-state index in [0.717, 1.165) is 24.8 Å². The Labute approximate surface area is 176 Å². The van der Waals surface area contributed by atoms with Gasteiger partial charge < -0.3 is 15.2 Å². The predicted octanol–water partition coefficient (Wildman–Crippen LogP) is 5.29. The van der Waals surface area contributed by atoms with E-state index in [1.807, 2.05) is 0 Å². The zero-order valence-corrected chi connectivity index (χ0v) is 18.3. The van der Waals surface area contributed by atoms with Crippen LogP contribution in [0, 0.1) is 0 Å². The number of unbranched alkanes of at least 4 members (excludes halogenated alkanes) is 10. The van der Waals surface area contributed by atoms with Gasteiger partial charge in [0.1, 0.15) is 11.8 Å². The van der Waals surface area contributed by atoms with Gasteiger partial charge >= 0.3 is 5.97 Å². The molecule has 1 aromatic carbocycles. The second-order valence-corrected chi connectivity index (χ2v) is 7.80. The Kier molecular flexibility index (Phi) is 13.6. The molecule has 0 spiro atoms. The molecule has 1 unspecified atom stereocenters. The molecule has 0 aliphatic carbocycles. The first kappa shape index (κ1) is 25.0. The van der Waals surface area contributed by atoms with Crippen molar-refractivity contribution in [2.24, 2.45) is 0 Å². The molecular formula is C24H39NO4. The Morgan fingerprint density at radius 3 is 1.93 bits per heavy atom. The molecule has 5 heteroatoms. The number of amides is 1. The van der Waals surface area contributed by atoms with Gasteiger partial charge in [0, 0.05) is 12.8 Å². The van der Waals surface area contributed by atoms with E-state index in [0.29, 0.717) is 12.8 Å². The summed E-state index contributed by atoms with van der Waals surface area (Å²) >= 11 is 0. The van der Waals surface area contributed by atoms with Gasteiger partial charge in [-0.2, -0.15) is 0 Å². The number of hydrogen-bond acceptors (Lipinski definition) is 4. The molecule has 1 rings (SSSR count). The zero-order valence-electron chi connectivity index (χ0n) is 18.3. The summed E-state index contributed by atoms with van der Waals surface area (Å²) in [7, 11) is 1.32. The summed E-state index contributed by atoms with van der Waals surface area (Å²) in [6, 6.07) is 5.90. The highest BCUT2D eigenvalue weighted by atomic mass is 16.5. The Balaban J connectivity index is 2.18. The van der Waals surface area contributed by atoms with Crippen molar-refractivity contribution in [3.05, 3.63) is 29.8 Å². The standard InChI is InChI=1S/C24H39NO4/c1-3-4-5-6-7-8-9-10-11-12-13-14-23(27)25-22(24(28)29-2)19-20-15-17-21(26)18-16-20/h15-18,22,26H,3-14,19H2,1-2H3,(H,25,27). The lowest BCUT2D eigenvalue weighted by Gasteiger charge is -2.16. The van der Waals surface area contributed by atoms with Gasteiger partial charge in [-0.25, -0.2) is 4.79 Å². The van der Waals surface area contributed by atoms with Crippen LogP contribution in [0.15, 0.2) is 24.3 Å². The molecule has 0 aliphatic rings. The average Bonchev–Trinajstić information content (AvgIpc) is 2.72. The lowest BCUT2D eigenvalue weighted by Crippen LogP contribution is -2.43. The smallest absolute Gasteiger partial charge is 0.328 e. The number of aromatic hydroxyl groups is 1. The van der Waals surface area contributed by atoms with Crippen LogP contribution in [0.25, 0.3) is 0 Å². The van der Waals surface area contributed by atoms with E-state index in [-0.39, 0.29) is 11.7 Å². The van der Waals surface area contributed by atoms with Crippen molar-refractivity contribution in [1.29, 1.82) is 0 Å². The summed E-state index contributed by atoms with van der Waals surface area (Å²) in [5.74, 6) is -0.399. The summed E-state index contributed by atoms with van der Waals surface area (Å²) in [5, 5.41) is 12.2. The second kappa shape index (κ2) is 15.8. The highest BCUT2D eigenvalue weighted by Gasteiger charge is 2.21. The number of esters is 1. The molecule has 0 saturated carbocycles. The third-order valence-electron chi connectivity index (χ3n) is 5.20. The number of phenolic OH excluding ortho intramolecular Hbond substituents is 1. The molecule has 0 aliphatic heterocycles. The molecule has 2 N–H and O–H groups in total. The summed E-state index contributed by atoms with van der Waals surface area (Å²) in [6.07, 6.45) is 14.4. The Morgan fingerprint density at radius 1 is 0.897 bits per heavy atom. The van der Waals surface area contributed by atoms with Crippen LogP contribution in [-0.2, 0) is 20.7 Å². The molecular weight excluding hydrogens is 366 g/mol. The van der Waals surface area contributed by atoms with E-state index in [1.54, 1.807) is 24.3 Å². The van der Waals surface area contributed by atoms with Crippen molar-refractivity contribution in [3.8, 4) is 5.75 Å². The van der Waals surface area contributed by atoms with Crippen LogP contribution in [0.3, 0.4) is 0 Å². The van der Waals surface area contributed by atoms with Crippen molar-refractivity contribution in [1.82, 2.24) is 5.32 Å². The molecule has 1 aromatic rings. The zero-order chi connectivity index (χ0) is 21.3. The maximum Gasteiger partial charge on any atom is 0.328 e. The van der Waals surface area contributed by atoms with Crippen molar-refractivity contribution in [2.75, 3.05) is 7.11 Å². The number of hydrogen-bond donors (Lipinski definition) is 2. The number of carbonyl (C=O) groups is 2. The fourth-order valence-electron chi connectivity index (χ4n) is 3.42. The van der Waals surface area contributed by atoms with Crippen molar-refractivity contribution < 1.29 is 19.4 Å². The van der Waals surface area contributed by atoms with Gasteiger partial charge in [0.2, 0.25) is 5.91 Å². The molecule has 0 aromatic heterocycles. The van der Waals surface area contributed by atoms with Crippen LogP contribution >= 0.6 is 0 Å². The first-order chi connectivity index (χ1) is 14.1. The average molecular weight is 406 g/mol. The van der Waals surface area contributed by atoms with Gasteiger partial charge in [-0.3, -0.25) is 4.79 Å². The molecule has 164 valence electrons. The highest BCUT2D eigenvalue weighted by Crippen LogP contribution is 2.13. The highest BCUT2D eigenvalue weighted by molar-refractivity contribution is 5.84. The summed E-state index contributed by atoms with van der Waals surface area (Å²) in [6.45, 7) is 2.24. The fourth-order valence-corrected chi connectivity index (χ4v) is 3.42. The molecule has 0 bridgehead atoms. The summed E-state index contributed by atoms with van der Waals surface area (Å²) < 4.78 is 4.82. The maximum atomic E-state index is 12.2. The summed E-state index contributed by atoms with van der Waals surface area (Å²) in [4.78, 5) is 24.2. The molecule has 0 heterocycles. The van der Waals surface area contributed by atoms with E-state index in [9.17, 15) is 14.7 Å². The minimum Gasteiger partial charge on any atom is -0.508 e. The van der Waals surface area contributed by atoms with E-state index >= 15 is 0 Å². The Morgan fingerprint density at radius 2 is 1.41 bits per heavy atom. The van der Waals surface area contributed by atoms with E-state index in [2.05, 4.69) is 12.2 Å². The Hall–Kier alpha value is -2.04. The molecule has 1 amide bonds. The van der Waals surface area contributed by atoms with E-state index < -0.39 is 12.0 Å². The van der Waals surface area contributed by atoms with Gasteiger partial charge in [0.05, 0.1) is 7.11 Å². The first-order valence-corrected chi connectivity index (χ1v) is 11.2. The molecule has 5 nitrogen and oxygen atoms in total. The second-order valence-electron chi connectivity index (χ2n) is 7.80. The maximum absolute atomic E-state index is 12.2. The van der Waals surface area contributed by atoms with Gasteiger partial charge in [-0.05, 0) is 24.1 Å². The number of carbonyl (C=O) groups excluding carboxylic acids is 2. The monoisotopic (exact) mass is 405 g/mol. The Bertz CT molecular complexity index is 571. The minimum atomic E-state index is -0.704. The molecule has 0 saturated heterocycles. The van der Waals surface area contributed by atoms with Gasteiger partial charge in [0.25, 0.3) is 0 Å². The SMILES string of the molecule is CCCCCCCCCCCCCC(=O)NC(Cc1ccc(O)cc1)C(=O)OC. The molecule has 1 atom stereocenters. The number of benzene rings is 1. The lowest BCUT2D eigenvalue weighted by molar-refractivity contribution is -0.145. The third-order valence-corrected chi connectivity index (χ3v) is 5.20. The minimum absolute atomic E-state index is 0.116. The largest absolute Gasteiger partial charge is 0.508 e. The van der Waals surface area contributed by atoms with E-state index in [4.69, 9.17) is 4.74 Å². The predicted molar refractivity (Wildman–Crippen MR) is 117 cm³/mol. The quantitative estimate of drug-likeness (QED) is 0.289. The van der Waals surface area contributed by atoms with Crippen LogP contribution in [0.2, 0.25) is 0 Å². The van der Waals surface area contributed by atoms with Crippen LogP contribution < -0.4 is 5.32 Å². The molecule has 0 radical (unpaired) electrons. The fraction of sp³-hybridized carbons (Fsp3) is 0.667. The number of methoxy groups -OCH3 is 1. The topological polar surface area (TPSA) is 75.6 Å². The molecule has 0 fully saturated rings. The number of ether oxygens (including phenoxy) is 1. The van der Waals surface area contributed by atoms with Gasteiger partial charge in [-0.1, -0.05) is 83.3 Å². The van der Waals surface area contributed by atoms with Crippen molar-refractivity contribution in [2.45, 2.75) is 96.4 Å². The third kappa shape index (κ3) is 12.2. The molecule has 29 heavy (non-hydrogen) atoms. The van der Waals surface area contributed by atoms with Crippen LogP contribution in [0.4, 0.5) is 0 Å². The summed E-state index contributed by atoms with van der Waals surface area (Å²) in [5.41, 5.74) is 0.855. The number of phenols is 1. The van der Waals surface area contributed by atoms with Crippen molar-refractivity contribution in [3.63, 3.8) is 0 Å². The number of rotatable bonds is 16. The lowest BCUT2D eigenvalue weighted by atomic mass is 10.0. The van der Waals surface area contributed by atoms with Gasteiger partial charge in [0.15, 0.2) is 0 Å². The van der Waals surface area contributed by atoms with Gasteiger partial charge in [-0.15, -0.1) is 0 Å².